The van der Waals surface area contributed by atoms with E-state index in [-0.39, 0.29) is 15.1 Å². The third-order valence-electron chi connectivity index (χ3n) is 2.77. The number of thiophene rings is 1. The minimum absolute atomic E-state index is 0.0268. The highest BCUT2D eigenvalue weighted by Crippen LogP contribution is 2.22. The van der Waals surface area contributed by atoms with Gasteiger partial charge in [-0.3, -0.25) is 0 Å². The number of carbonyl (C=O) groups is 1. The van der Waals surface area contributed by atoms with Gasteiger partial charge in [0.1, 0.15) is 9.09 Å². The largest absolute Gasteiger partial charge is 0.477 e. The zero-order chi connectivity index (χ0) is 13.3. The summed E-state index contributed by atoms with van der Waals surface area (Å²) >= 11 is 0.768. The number of hydrogen-bond acceptors (Lipinski definition) is 5. The van der Waals surface area contributed by atoms with Crippen molar-refractivity contribution in [2.45, 2.75) is 16.7 Å². The molecule has 100 valence electrons. The number of sulfonamides is 1. The molecule has 0 radical (unpaired) electrons. The van der Waals surface area contributed by atoms with Crippen LogP contribution in [0.15, 0.2) is 16.3 Å². The normalized spacial score (nSPS) is 21.3. The molecule has 2 N–H and O–H groups in total. The Balaban J connectivity index is 2.12. The number of rotatable bonds is 4. The minimum Gasteiger partial charge on any atom is -0.477 e. The molecule has 1 atom stereocenters. The number of nitrogens with one attached hydrogen (secondary N) is 1. The second kappa shape index (κ2) is 4.96. The van der Waals surface area contributed by atoms with Crippen LogP contribution in [0.2, 0.25) is 0 Å². The van der Waals surface area contributed by atoms with Crippen LogP contribution in [0.25, 0.3) is 0 Å². The molecule has 1 fully saturated rings. The van der Waals surface area contributed by atoms with Gasteiger partial charge in [0.2, 0.25) is 10.0 Å². The van der Waals surface area contributed by atoms with Gasteiger partial charge >= 0.3 is 5.97 Å². The molecule has 0 amide bonds. The van der Waals surface area contributed by atoms with Crippen molar-refractivity contribution in [2.24, 2.45) is 0 Å². The minimum atomic E-state index is -3.60. The molecule has 18 heavy (non-hydrogen) atoms. The smallest absolute Gasteiger partial charge is 0.345 e. The van der Waals surface area contributed by atoms with Gasteiger partial charge in [0, 0.05) is 12.6 Å². The Morgan fingerprint density at radius 1 is 1.56 bits per heavy atom. The summed E-state index contributed by atoms with van der Waals surface area (Å²) in [5, 5.41) is 8.77. The Kier molecular flexibility index (Phi) is 3.71. The first kappa shape index (κ1) is 13.5. The van der Waals surface area contributed by atoms with Crippen molar-refractivity contribution in [2.75, 3.05) is 20.1 Å². The maximum absolute atomic E-state index is 12.0. The number of carboxylic acid groups (broad SMARTS) is 1. The molecule has 0 bridgehead atoms. The molecule has 0 aromatic carbocycles. The lowest BCUT2D eigenvalue weighted by molar-refractivity contribution is 0.0702. The van der Waals surface area contributed by atoms with E-state index in [4.69, 9.17) is 5.11 Å². The fourth-order valence-electron chi connectivity index (χ4n) is 1.89. The summed E-state index contributed by atoms with van der Waals surface area (Å²) in [4.78, 5) is 12.8. The SMILES string of the molecule is CN1CCC(NS(=O)(=O)c2ccc(C(=O)O)s2)C1. The molecule has 0 spiro atoms. The van der Waals surface area contributed by atoms with Crippen molar-refractivity contribution in [1.82, 2.24) is 9.62 Å². The van der Waals surface area contributed by atoms with Gasteiger partial charge in [-0.25, -0.2) is 17.9 Å². The third kappa shape index (κ3) is 2.89. The van der Waals surface area contributed by atoms with E-state index >= 15 is 0 Å². The number of aromatic carboxylic acids is 1. The predicted molar refractivity (Wildman–Crippen MR) is 67.5 cm³/mol. The average Bonchev–Trinajstić information content (AvgIpc) is 2.86. The Bertz CT molecular complexity index is 552. The fraction of sp³-hybridized carbons (Fsp3) is 0.500. The highest BCUT2D eigenvalue weighted by Gasteiger charge is 2.26. The molecule has 1 aromatic rings. The van der Waals surface area contributed by atoms with Crippen LogP contribution in [-0.4, -0.2) is 50.6 Å². The predicted octanol–water partition coefficient (Wildman–Crippen LogP) is 0.429. The van der Waals surface area contributed by atoms with E-state index < -0.39 is 16.0 Å². The van der Waals surface area contributed by atoms with Crippen molar-refractivity contribution in [1.29, 1.82) is 0 Å². The Morgan fingerprint density at radius 3 is 2.78 bits per heavy atom. The van der Waals surface area contributed by atoms with Crippen LogP contribution >= 0.6 is 11.3 Å². The fourth-order valence-corrected chi connectivity index (χ4v) is 4.31. The average molecular weight is 290 g/mol. The van der Waals surface area contributed by atoms with E-state index in [2.05, 4.69) is 4.72 Å². The van der Waals surface area contributed by atoms with Gasteiger partial charge in [-0.15, -0.1) is 11.3 Å². The molecule has 2 heterocycles. The molecule has 1 unspecified atom stereocenters. The molecule has 1 aromatic heterocycles. The Morgan fingerprint density at radius 2 is 2.28 bits per heavy atom. The Labute approximate surface area is 109 Å². The first-order chi connectivity index (χ1) is 8.38. The van der Waals surface area contributed by atoms with Gasteiger partial charge in [-0.1, -0.05) is 0 Å². The zero-order valence-electron chi connectivity index (χ0n) is 9.79. The number of nitrogens with zero attached hydrogens (tertiary/aromatic N) is 1. The van der Waals surface area contributed by atoms with Crippen LogP contribution in [0.1, 0.15) is 16.1 Å². The number of hydrogen-bond donors (Lipinski definition) is 2. The third-order valence-corrected chi connectivity index (χ3v) is 5.86. The van der Waals surface area contributed by atoms with Gasteiger partial charge in [0.05, 0.1) is 0 Å². The van der Waals surface area contributed by atoms with Gasteiger partial charge in [-0.05, 0) is 32.1 Å². The molecular formula is C10H14N2O4S2. The molecule has 0 saturated carbocycles. The molecule has 0 aliphatic carbocycles. The second-order valence-corrected chi connectivity index (χ2v) is 7.32. The summed E-state index contributed by atoms with van der Waals surface area (Å²) in [6.07, 6.45) is 0.771. The molecular weight excluding hydrogens is 276 g/mol. The second-order valence-electron chi connectivity index (χ2n) is 4.29. The van der Waals surface area contributed by atoms with Crippen molar-refractivity contribution in [3.63, 3.8) is 0 Å². The van der Waals surface area contributed by atoms with Crippen molar-refractivity contribution in [3.05, 3.63) is 17.0 Å². The standard InChI is InChI=1S/C10H14N2O4S2/c1-12-5-4-7(6-12)11-18(15,16)9-3-2-8(17-9)10(13)14/h2-3,7,11H,4-6H2,1H3,(H,13,14). The zero-order valence-corrected chi connectivity index (χ0v) is 11.4. The van der Waals surface area contributed by atoms with E-state index in [1.54, 1.807) is 0 Å². The van der Waals surface area contributed by atoms with E-state index in [9.17, 15) is 13.2 Å². The molecule has 1 saturated heterocycles. The van der Waals surface area contributed by atoms with Crippen LogP contribution in [0.3, 0.4) is 0 Å². The number of likely N-dealkylation sites (tertiary alicyclic amines) is 1. The Hall–Kier alpha value is -0.960. The maximum atomic E-state index is 12.0. The maximum Gasteiger partial charge on any atom is 0.345 e. The topological polar surface area (TPSA) is 86.7 Å². The summed E-state index contributed by atoms with van der Waals surface area (Å²) in [7, 11) is -1.67. The van der Waals surface area contributed by atoms with E-state index in [1.807, 2.05) is 11.9 Å². The lowest BCUT2D eigenvalue weighted by Gasteiger charge is -2.11. The summed E-state index contributed by atoms with van der Waals surface area (Å²) in [5.74, 6) is -1.11. The molecule has 2 rings (SSSR count). The lowest BCUT2D eigenvalue weighted by atomic mass is 10.3. The van der Waals surface area contributed by atoms with E-state index in [1.165, 1.54) is 12.1 Å². The summed E-state index contributed by atoms with van der Waals surface area (Å²) < 4.78 is 26.7. The van der Waals surface area contributed by atoms with Crippen LogP contribution in [0.4, 0.5) is 0 Å². The van der Waals surface area contributed by atoms with Crippen LogP contribution < -0.4 is 4.72 Å². The molecule has 1 aliphatic rings. The van der Waals surface area contributed by atoms with Crippen LogP contribution in [-0.2, 0) is 10.0 Å². The summed E-state index contributed by atoms with van der Waals surface area (Å²) in [6, 6.07) is 2.53. The quantitative estimate of drug-likeness (QED) is 0.839. The number of carboxylic acids is 1. The summed E-state index contributed by atoms with van der Waals surface area (Å²) in [5.41, 5.74) is 0. The molecule has 6 nitrogen and oxygen atoms in total. The van der Waals surface area contributed by atoms with Gasteiger partial charge in [0.25, 0.3) is 0 Å². The van der Waals surface area contributed by atoms with E-state index in [0.717, 1.165) is 24.3 Å². The highest BCUT2D eigenvalue weighted by atomic mass is 32.2. The van der Waals surface area contributed by atoms with Gasteiger partial charge < -0.3 is 10.0 Å². The van der Waals surface area contributed by atoms with Crippen molar-refractivity contribution < 1.29 is 18.3 Å². The van der Waals surface area contributed by atoms with Gasteiger partial charge in [-0.2, -0.15) is 0 Å². The van der Waals surface area contributed by atoms with Gasteiger partial charge in [0.15, 0.2) is 0 Å². The van der Waals surface area contributed by atoms with E-state index in [0.29, 0.717) is 6.54 Å². The van der Waals surface area contributed by atoms with Crippen molar-refractivity contribution in [3.8, 4) is 0 Å². The highest BCUT2D eigenvalue weighted by molar-refractivity contribution is 7.91. The molecule has 1 aliphatic heterocycles. The first-order valence-corrected chi connectivity index (χ1v) is 7.72. The molecule has 8 heteroatoms. The van der Waals surface area contributed by atoms with Crippen LogP contribution in [0.5, 0.6) is 0 Å². The lowest BCUT2D eigenvalue weighted by Crippen LogP contribution is -2.36. The monoisotopic (exact) mass is 290 g/mol. The first-order valence-electron chi connectivity index (χ1n) is 5.42. The van der Waals surface area contributed by atoms with Crippen molar-refractivity contribution >= 4 is 27.3 Å². The summed E-state index contributed by atoms with van der Waals surface area (Å²) in [6.45, 7) is 1.54. The number of likely N-dealkylation sites (N-methyl/N-ethyl adjacent to an activating group) is 1. The van der Waals surface area contributed by atoms with Crippen LogP contribution in [0, 0.1) is 0 Å².